The standard InChI is InChI=1S/C16H20F3N3O3/c17-16(18,19)11-3-7-13(8-4-11)22-15(24)21-12-5-1-10(2-6-12)9-25-14(20)23/h3-4,7-8,10,12H,1-2,5-6,9H2,(H2,20,23)(H2,21,22,24)/t10-,12+. The Bertz CT molecular complexity index is 597. The van der Waals surface area contributed by atoms with Gasteiger partial charge in [-0.05, 0) is 55.9 Å². The molecule has 0 bridgehead atoms. The average Bonchev–Trinajstić information content (AvgIpc) is 2.53. The van der Waals surface area contributed by atoms with Gasteiger partial charge in [-0.3, -0.25) is 0 Å². The highest BCUT2D eigenvalue weighted by Gasteiger charge is 2.30. The molecule has 0 atom stereocenters. The van der Waals surface area contributed by atoms with E-state index in [0.29, 0.717) is 0 Å². The van der Waals surface area contributed by atoms with Gasteiger partial charge in [-0.15, -0.1) is 0 Å². The van der Waals surface area contributed by atoms with Crippen LogP contribution in [0.5, 0.6) is 0 Å². The Kier molecular flexibility index (Phi) is 6.11. The van der Waals surface area contributed by atoms with Crippen LogP contribution >= 0.6 is 0 Å². The van der Waals surface area contributed by atoms with E-state index < -0.39 is 23.9 Å². The molecule has 0 unspecified atom stereocenters. The molecule has 138 valence electrons. The normalized spacial score (nSPS) is 20.6. The maximum absolute atomic E-state index is 12.5. The summed E-state index contributed by atoms with van der Waals surface area (Å²) in [6.45, 7) is 0.278. The summed E-state index contributed by atoms with van der Waals surface area (Å²) in [6.07, 6.45) is -2.16. The molecule has 1 saturated carbocycles. The topological polar surface area (TPSA) is 93.5 Å². The molecule has 3 amide bonds. The van der Waals surface area contributed by atoms with E-state index in [2.05, 4.69) is 10.6 Å². The van der Waals surface area contributed by atoms with Gasteiger partial charge in [0.15, 0.2) is 0 Å². The van der Waals surface area contributed by atoms with Gasteiger partial charge in [-0.2, -0.15) is 13.2 Å². The maximum Gasteiger partial charge on any atom is 0.416 e. The van der Waals surface area contributed by atoms with Crippen molar-refractivity contribution >= 4 is 17.8 Å². The third-order valence-electron chi connectivity index (χ3n) is 4.11. The van der Waals surface area contributed by atoms with E-state index in [1.165, 1.54) is 12.1 Å². The lowest BCUT2D eigenvalue weighted by Crippen LogP contribution is -2.40. The van der Waals surface area contributed by atoms with Crippen LogP contribution < -0.4 is 16.4 Å². The van der Waals surface area contributed by atoms with Crippen LogP contribution in [0, 0.1) is 5.92 Å². The molecule has 0 heterocycles. The van der Waals surface area contributed by atoms with Crippen molar-refractivity contribution in [3.63, 3.8) is 0 Å². The molecular weight excluding hydrogens is 339 g/mol. The van der Waals surface area contributed by atoms with Gasteiger partial charge >= 0.3 is 18.3 Å². The zero-order chi connectivity index (χ0) is 18.4. The Morgan fingerprint density at radius 1 is 1.12 bits per heavy atom. The smallest absolute Gasteiger partial charge is 0.416 e. The zero-order valence-electron chi connectivity index (χ0n) is 13.4. The summed E-state index contributed by atoms with van der Waals surface area (Å²) in [6, 6.07) is 3.76. The van der Waals surface area contributed by atoms with Crippen LogP contribution in [0.3, 0.4) is 0 Å². The van der Waals surface area contributed by atoms with Crippen molar-refractivity contribution in [2.45, 2.75) is 37.9 Å². The van der Waals surface area contributed by atoms with Gasteiger partial charge in [0.05, 0.1) is 12.2 Å². The average molecular weight is 359 g/mol. The summed E-state index contributed by atoms with van der Waals surface area (Å²) in [5.41, 5.74) is 4.44. The molecule has 2 rings (SSSR count). The number of anilines is 1. The molecule has 25 heavy (non-hydrogen) atoms. The minimum Gasteiger partial charge on any atom is -0.449 e. The first kappa shape index (κ1) is 18.9. The highest BCUT2D eigenvalue weighted by atomic mass is 19.4. The third-order valence-corrected chi connectivity index (χ3v) is 4.11. The first-order valence-corrected chi connectivity index (χ1v) is 7.91. The second-order valence-corrected chi connectivity index (χ2v) is 6.02. The molecule has 0 aliphatic heterocycles. The lowest BCUT2D eigenvalue weighted by Gasteiger charge is -2.28. The molecule has 1 fully saturated rings. The van der Waals surface area contributed by atoms with E-state index in [4.69, 9.17) is 10.5 Å². The lowest BCUT2D eigenvalue weighted by molar-refractivity contribution is -0.137. The van der Waals surface area contributed by atoms with Crippen molar-refractivity contribution in [2.24, 2.45) is 11.7 Å². The van der Waals surface area contributed by atoms with Crippen molar-refractivity contribution in [2.75, 3.05) is 11.9 Å². The summed E-state index contributed by atoms with van der Waals surface area (Å²) in [7, 11) is 0. The van der Waals surface area contributed by atoms with Crippen molar-refractivity contribution in [3.8, 4) is 0 Å². The summed E-state index contributed by atoms with van der Waals surface area (Å²) in [4.78, 5) is 22.5. The maximum atomic E-state index is 12.5. The fourth-order valence-electron chi connectivity index (χ4n) is 2.77. The van der Waals surface area contributed by atoms with E-state index >= 15 is 0 Å². The molecule has 0 radical (unpaired) electrons. The zero-order valence-corrected chi connectivity index (χ0v) is 13.4. The first-order valence-electron chi connectivity index (χ1n) is 7.91. The van der Waals surface area contributed by atoms with Crippen LogP contribution in [0.15, 0.2) is 24.3 Å². The minimum atomic E-state index is -4.41. The molecule has 9 heteroatoms. The van der Waals surface area contributed by atoms with Crippen LogP contribution in [-0.2, 0) is 10.9 Å². The number of ether oxygens (including phenoxy) is 1. The van der Waals surface area contributed by atoms with E-state index in [1.54, 1.807) is 0 Å². The number of rotatable bonds is 4. The number of alkyl halides is 3. The van der Waals surface area contributed by atoms with Crippen LogP contribution in [0.2, 0.25) is 0 Å². The number of amides is 3. The Labute approximate surface area is 142 Å². The van der Waals surface area contributed by atoms with Gasteiger partial charge in [-0.25, -0.2) is 9.59 Å². The number of primary amides is 1. The Morgan fingerprint density at radius 3 is 2.24 bits per heavy atom. The van der Waals surface area contributed by atoms with Crippen molar-refractivity contribution in [1.29, 1.82) is 0 Å². The number of halogens is 3. The summed E-state index contributed by atoms with van der Waals surface area (Å²) < 4.78 is 42.2. The molecule has 6 nitrogen and oxygen atoms in total. The van der Waals surface area contributed by atoms with E-state index in [0.717, 1.165) is 37.8 Å². The van der Waals surface area contributed by atoms with Crippen molar-refractivity contribution < 1.29 is 27.5 Å². The fourth-order valence-corrected chi connectivity index (χ4v) is 2.77. The van der Waals surface area contributed by atoms with Crippen LogP contribution in [0.25, 0.3) is 0 Å². The van der Waals surface area contributed by atoms with Crippen LogP contribution in [0.1, 0.15) is 31.2 Å². The molecule has 1 aliphatic rings. The molecule has 1 aromatic rings. The molecule has 0 spiro atoms. The summed E-state index contributed by atoms with van der Waals surface area (Å²) >= 11 is 0. The predicted octanol–water partition coefficient (Wildman–Crippen LogP) is 3.48. The number of nitrogens with one attached hydrogen (secondary N) is 2. The number of carbonyl (C=O) groups excluding carboxylic acids is 2. The van der Waals surface area contributed by atoms with Gasteiger partial charge in [-0.1, -0.05) is 0 Å². The second kappa shape index (κ2) is 8.09. The highest BCUT2D eigenvalue weighted by molar-refractivity contribution is 5.89. The SMILES string of the molecule is NC(=O)OC[C@H]1CC[C@@H](NC(=O)Nc2ccc(C(F)(F)F)cc2)CC1. The van der Waals surface area contributed by atoms with Crippen molar-refractivity contribution in [3.05, 3.63) is 29.8 Å². The molecule has 4 N–H and O–H groups in total. The quantitative estimate of drug-likeness (QED) is 0.768. The monoisotopic (exact) mass is 359 g/mol. The molecule has 1 aromatic carbocycles. The van der Waals surface area contributed by atoms with Gasteiger partial charge in [0, 0.05) is 11.7 Å². The van der Waals surface area contributed by atoms with Gasteiger partial charge < -0.3 is 21.1 Å². The predicted molar refractivity (Wildman–Crippen MR) is 84.9 cm³/mol. The molecular formula is C16H20F3N3O3. The van der Waals surface area contributed by atoms with Gasteiger partial charge in [0.2, 0.25) is 0 Å². The fraction of sp³-hybridized carbons (Fsp3) is 0.500. The number of benzene rings is 1. The van der Waals surface area contributed by atoms with E-state index in [1.807, 2.05) is 0 Å². The Hall–Kier alpha value is -2.45. The molecule has 0 aromatic heterocycles. The van der Waals surface area contributed by atoms with E-state index in [-0.39, 0.29) is 24.3 Å². The number of carbonyl (C=O) groups is 2. The second-order valence-electron chi connectivity index (χ2n) is 6.02. The first-order chi connectivity index (χ1) is 11.7. The molecule has 1 aliphatic carbocycles. The highest BCUT2D eigenvalue weighted by Crippen LogP contribution is 2.30. The van der Waals surface area contributed by atoms with E-state index in [9.17, 15) is 22.8 Å². The Balaban J connectivity index is 1.75. The van der Waals surface area contributed by atoms with Crippen LogP contribution in [0.4, 0.5) is 28.4 Å². The van der Waals surface area contributed by atoms with Crippen molar-refractivity contribution in [1.82, 2.24) is 5.32 Å². The largest absolute Gasteiger partial charge is 0.449 e. The third kappa shape index (κ3) is 6.17. The van der Waals surface area contributed by atoms with Gasteiger partial charge in [0.25, 0.3) is 0 Å². The number of urea groups is 1. The lowest BCUT2D eigenvalue weighted by atomic mass is 9.86. The van der Waals surface area contributed by atoms with Crippen LogP contribution in [-0.4, -0.2) is 24.8 Å². The number of hydrogen-bond donors (Lipinski definition) is 3. The number of nitrogens with two attached hydrogens (primary N) is 1. The van der Waals surface area contributed by atoms with Gasteiger partial charge in [0.1, 0.15) is 0 Å². The molecule has 0 saturated heterocycles. The minimum absolute atomic E-state index is 0.0284. The number of hydrogen-bond acceptors (Lipinski definition) is 3. The Morgan fingerprint density at radius 2 is 1.72 bits per heavy atom. The summed E-state index contributed by atoms with van der Waals surface area (Å²) in [5.74, 6) is 0.225. The summed E-state index contributed by atoms with van der Waals surface area (Å²) in [5, 5.41) is 5.31.